The van der Waals surface area contributed by atoms with Gasteiger partial charge >= 0.3 is 5.97 Å². The van der Waals surface area contributed by atoms with Crippen molar-refractivity contribution in [1.82, 2.24) is 4.57 Å². The zero-order valence-electron chi connectivity index (χ0n) is 20.4. The summed E-state index contributed by atoms with van der Waals surface area (Å²) in [6.07, 6.45) is 6.64. The van der Waals surface area contributed by atoms with Gasteiger partial charge in [-0.2, -0.15) is 0 Å². The van der Waals surface area contributed by atoms with Gasteiger partial charge in [-0.1, -0.05) is 58.0 Å². The summed E-state index contributed by atoms with van der Waals surface area (Å²) in [4.78, 5) is 11.9. The first-order valence-corrected chi connectivity index (χ1v) is 11.8. The molecule has 3 aromatic rings. The molecule has 0 aliphatic heterocycles. The summed E-state index contributed by atoms with van der Waals surface area (Å²) in [6, 6.07) is 18.7. The molecule has 1 atom stereocenters. The highest BCUT2D eigenvalue weighted by atomic mass is 16.5. The maximum atomic E-state index is 11.9. The van der Waals surface area contributed by atoms with Gasteiger partial charge in [-0.05, 0) is 70.2 Å². The van der Waals surface area contributed by atoms with E-state index in [1.165, 1.54) is 36.6 Å². The Morgan fingerprint density at radius 2 is 1.58 bits per heavy atom. The Morgan fingerprint density at radius 1 is 0.939 bits per heavy atom. The Morgan fingerprint density at radius 3 is 2.21 bits per heavy atom. The van der Waals surface area contributed by atoms with Gasteiger partial charge in [-0.15, -0.1) is 0 Å². The number of methoxy groups -OCH3 is 1. The number of ether oxygens (including phenoxy) is 2. The predicted molar refractivity (Wildman–Crippen MR) is 132 cm³/mol. The number of hydrogen-bond donors (Lipinski definition) is 0. The van der Waals surface area contributed by atoms with Crippen LogP contribution in [0.25, 0.3) is 0 Å². The molecule has 4 rings (SSSR count). The van der Waals surface area contributed by atoms with Crippen molar-refractivity contribution >= 4 is 5.97 Å². The number of carbonyl (C=O) groups excluding carboxylic acids is 1. The summed E-state index contributed by atoms with van der Waals surface area (Å²) in [7, 11) is 1.43. The lowest BCUT2D eigenvalue weighted by atomic mass is 9.63. The van der Waals surface area contributed by atoms with Gasteiger partial charge in [0.05, 0.1) is 19.6 Å². The van der Waals surface area contributed by atoms with Crippen molar-refractivity contribution in [2.24, 2.45) is 0 Å². The normalized spacial score (nSPS) is 17.1. The van der Waals surface area contributed by atoms with Gasteiger partial charge in [0.2, 0.25) is 0 Å². The molecule has 1 aliphatic carbocycles. The SMILES string of the molecule is COC(=O)CC(c1ccc(OCc2ccc3c(c2)C(C)(C)CCC3(C)C)cc1)n1cccc1. The van der Waals surface area contributed by atoms with Crippen LogP contribution >= 0.6 is 0 Å². The van der Waals surface area contributed by atoms with Crippen LogP contribution in [0.4, 0.5) is 0 Å². The molecule has 0 saturated carbocycles. The van der Waals surface area contributed by atoms with Gasteiger partial charge in [0, 0.05) is 12.4 Å². The molecule has 33 heavy (non-hydrogen) atoms. The smallest absolute Gasteiger partial charge is 0.307 e. The second kappa shape index (κ2) is 9.09. The van der Waals surface area contributed by atoms with Crippen molar-refractivity contribution in [2.45, 2.75) is 70.4 Å². The van der Waals surface area contributed by atoms with Crippen LogP contribution in [-0.2, 0) is 27.0 Å². The molecule has 0 radical (unpaired) electrons. The monoisotopic (exact) mass is 445 g/mol. The van der Waals surface area contributed by atoms with Crippen molar-refractivity contribution in [3.8, 4) is 5.75 Å². The first-order chi connectivity index (χ1) is 15.7. The van der Waals surface area contributed by atoms with E-state index in [1.807, 2.05) is 53.4 Å². The molecule has 4 nitrogen and oxygen atoms in total. The predicted octanol–water partition coefficient (Wildman–Crippen LogP) is 6.57. The van der Waals surface area contributed by atoms with Crippen molar-refractivity contribution < 1.29 is 14.3 Å². The number of nitrogens with zero attached hydrogens (tertiary/aromatic N) is 1. The topological polar surface area (TPSA) is 40.5 Å². The number of esters is 1. The molecule has 4 heteroatoms. The standard InChI is InChI=1S/C29H35NO3/c1-28(2)14-15-29(3,4)25-18-21(8-13-24(25)28)20-33-23-11-9-22(10-12-23)26(19-27(31)32-5)30-16-6-7-17-30/h6-13,16-18,26H,14-15,19-20H2,1-5H3. The molecular formula is C29H35NO3. The van der Waals surface area contributed by atoms with Gasteiger partial charge in [-0.25, -0.2) is 0 Å². The number of fused-ring (bicyclic) bond motifs is 1. The Balaban J connectivity index is 1.48. The van der Waals surface area contributed by atoms with Crippen LogP contribution in [-0.4, -0.2) is 17.6 Å². The lowest BCUT2D eigenvalue weighted by Gasteiger charge is -2.42. The number of aromatic nitrogens is 1. The van der Waals surface area contributed by atoms with E-state index in [-0.39, 0.29) is 29.3 Å². The van der Waals surface area contributed by atoms with Crippen LogP contribution in [0.1, 0.15) is 75.3 Å². The summed E-state index contributed by atoms with van der Waals surface area (Å²) in [5.74, 6) is 0.591. The van der Waals surface area contributed by atoms with E-state index < -0.39 is 0 Å². The maximum Gasteiger partial charge on any atom is 0.307 e. The number of hydrogen-bond acceptors (Lipinski definition) is 3. The molecule has 0 bridgehead atoms. The van der Waals surface area contributed by atoms with Crippen molar-refractivity contribution in [3.63, 3.8) is 0 Å². The third-order valence-corrected chi connectivity index (χ3v) is 7.16. The molecule has 0 spiro atoms. The van der Waals surface area contributed by atoms with E-state index in [0.717, 1.165) is 11.3 Å². The Hall–Kier alpha value is -3.01. The van der Waals surface area contributed by atoms with Crippen molar-refractivity contribution in [1.29, 1.82) is 0 Å². The lowest BCUT2D eigenvalue weighted by Crippen LogP contribution is -2.33. The van der Waals surface area contributed by atoms with E-state index in [2.05, 4.69) is 45.9 Å². The maximum absolute atomic E-state index is 11.9. The van der Waals surface area contributed by atoms with E-state index in [0.29, 0.717) is 6.61 Å². The summed E-state index contributed by atoms with van der Waals surface area (Å²) < 4.78 is 13.1. The molecule has 174 valence electrons. The summed E-state index contributed by atoms with van der Waals surface area (Å²) in [6.45, 7) is 9.92. The third kappa shape index (κ3) is 5.00. The molecule has 1 aromatic heterocycles. The number of benzene rings is 2. The minimum absolute atomic E-state index is 0.104. The average molecular weight is 446 g/mol. The largest absolute Gasteiger partial charge is 0.489 e. The van der Waals surface area contributed by atoms with Crippen LogP contribution in [0.2, 0.25) is 0 Å². The van der Waals surface area contributed by atoms with E-state index in [4.69, 9.17) is 9.47 Å². The van der Waals surface area contributed by atoms with Crippen LogP contribution in [0.5, 0.6) is 5.75 Å². The van der Waals surface area contributed by atoms with Crippen molar-refractivity contribution in [2.75, 3.05) is 7.11 Å². The first-order valence-electron chi connectivity index (χ1n) is 11.8. The van der Waals surface area contributed by atoms with Gasteiger partial charge < -0.3 is 14.0 Å². The molecule has 0 fully saturated rings. The highest BCUT2D eigenvalue weighted by molar-refractivity contribution is 5.70. The lowest BCUT2D eigenvalue weighted by molar-refractivity contribution is -0.141. The molecule has 0 N–H and O–H groups in total. The van der Waals surface area contributed by atoms with Crippen LogP contribution < -0.4 is 4.74 Å². The average Bonchev–Trinajstić information content (AvgIpc) is 3.34. The van der Waals surface area contributed by atoms with Gasteiger partial charge in [-0.3, -0.25) is 4.79 Å². The Bertz CT molecular complexity index is 1090. The van der Waals surface area contributed by atoms with Crippen molar-refractivity contribution in [3.05, 3.63) is 89.2 Å². The van der Waals surface area contributed by atoms with Gasteiger partial charge in [0.1, 0.15) is 12.4 Å². The summed E-state index contributed by atoms with van der Waals surface area (Å²) in [5, 5.41) is 0. The van der Waals surface area contributed by atoms with E-state index >= 15 is 0 Å². The fraction of sp³-hybridized carbons (Fsp3) is 0.414. The zero-order valence-corrected chi connectivity index (χ0v) is 20.4. The fourth-order valence-electron chi connectivity index (χ4n) is 4.87. The molecular weight excluding hydrogens is 410 g/mol. The van der Waals surface area contributed by atoms with Crippen LogP contribution in [0, 0.1) is 0 Å². The van der Waals surface area contributed by atoms with Crippen LogP contribution in [0.3, 0.4) is 0 Å². The van der Waals surface area contributed by atoms with Crippen LogP contribution in [0.15, 0.2) is 67.0 Å². The quantitative estimate of drug-likeness (QED) is 0.386. The molecule has 1 aliphatic rings. The number of carbonyl (C=O) groups is 1. The fourth-order valence-corrected chi connectivity index (χ4v) is 4.87. The minimum Gasteiger partial charge on any atom is -0.489 e. The molecule has 2 aromatic carbocycles. The number of rotatable bonds is 7. The zero-order chi connectivity index (χ0) is 23.6. The van der Waals surface area contributed by atoms with Gasteiger partial charge in [0.15, 0.2) is 0 Å². The van der Waals surface area contributed by atoms with Gasteiger partial charge in [0.25, 0.3) is 0 Å². The third-order valence-electron chi connectivity index (χ3n) is 7.16. The highest BCUT2D eigenvalue weighted by Gasteiger charge is 2.36. The van der Waals surface area contributed by atoms with E-state index in [9.17, 15) is 4.79 Å². The molecule has 1 heterocycles. The highest BCUT2D eigenvalue weighted by Crippen LogP contribution is 2.46. The minimum atomic E-state index is -0.229. The van der Waals surface area contributed by atoms with E-state index in [1.54, 1.807) is 0 Å². The Kier molecular flexibility index (Phi) is 6.38. The summed E-state index contributed by atoms with van der Waals surface area (Å²) >= 11 is 0. The Labute approximate surface area is 197 Å². The first kappa shape index (κ1) is 23.2. The molecule has 0 amide bonds. The molecule has 0 saturated heterocycles. The molecule has 1 unspecified atom stereocenters. The second-order valence-electron chi connectivity index (χ2n) is 10.4. The summed E-state index contributed by atoms with van der Waals surface area (Å²) in [5.41, 5.74) is 5.57. The second-order valence-corrected chi connectivity index (χ2v) is 10.4.